The van der Waals surface area contributed by atoms with E-state index < -0.39 is 0 Å². The van der Waals surface area contributed by atoms with Crippen LogP contribution in [0.4, 0.5) is 0 Å². The lowest BCUT2D eigenvalue weighted by atomic mass is 10.0. The quantitative estimate of drug-likeness (QED) is 0.823. The number of benzene rings is 1. The summed E-state index contributed by atoms with van der Waals surface area (Å²) in [7, 11) is 1.57. The first-order valence-electron chi connectivity index (χ1n) is 5.33. The lowest BCUT2D eigenvalue weighted by Gasteiger charge is -2.11. The lowest BCUT2D eigenvalue weighted by molar-refractivity contribution is 0.102. The van der Waals surface area contributed by atoms with Crippen LogP contribution in [-0.4, -0.2) is 22.9 Å². The third kappa shape index (κ3) is 1.93. The Labute approximate surface area is 99.7 Å². The zero-order valence-corrected chi connectivity index (χ0v) is 10.1. The summed E-state index contributed by atoms with van der Waals surface area (Å²) in [5.74, 6) is 0.785. The zero-order valence-electron chi connectivity index (χ0n) is 10.1. The van der Waals surface area contributed by atoms with Crippen molar-refractivity contribution in [3.63, 3.8) is 0 Å². The predicted octanol–water partition coefficient (Wildman–Crippen LogP) is 2.27. The Morgan fingerprint density at radius 2 is 2.12 bits per heavy atom. The van der Waals surface area contributed by atoms with Gasteiger partial charge in [0.15, 0.2) is 5.82 Å². The van der Waals surface area contributed by atoms with E-state index in [1.165, 1.54) is 0 Å². The predicted molar refractivity (Wildman–Crippen MR) is 64.5 cm³/mol. The summed E-state index contributed by atoms with van der Waals surface area (Å²) in [6.07, 6.45) is 3.18. The number of ketones is 1. The first-order chi connectivity index (χ1) is 8.15. The molecule has 1 heterocycles. The Morgan fingerprint density at radius 1 is 1.35 bits per heavy atom. The number of nitrogens with zero attached hydrogens (tertiary/aromatic N) is 1. The molecule has 0 atom stereocenters. The van der Waals surface area contributed by atoms with Crippen LogP contribution < -0.4 is 4.74 Å². The highest BCUT2D eigenvalue weighted by Crippen LogP contribution is 2.27. The van der Waals surface area contributed by atoms with Gasteiger partial charge in [-0.15, -0.1) is 0 Å². The summed E-state index contributed by atoms with van der Waals surface area (Å²) in [6.45, 7) is 3.92. The molecule has 88 valence electrons. The number of imidazole rings is 1. The normalized spacial score (nSPS) is 10.3. The van der Waals surface area contributed by atoms with Crippen molar-refractivity contribution in [3.05, 3.63) is 47.0 Å². The number of nitrogens with one attached hydrogen (secondary N) is 1. The van der Waals surface area contributed by atoms with E-state index in [1.807, 2.05) is 19.9 Å². The fourth-order valence-electron chi connectivity index (χ4n) is 1.75. The molecule has 1 aromatic heterocycles. The van der Waals surface area contributed by atoms with Crippen molar-refractivity contribution in [2.75, 3.05) is 7.11 Å². The number of H-pyrrole nitrogens is 1. The number of aryl methyl sites for hydroxylation is 1. The fraction of sp³-hybridized carbons (Fsp3) is 0.231. The van der Waals surface area contributed by atoms with Crippen LogP contribution in [-0.2, 0) is 0 Å². The molecule has 0 aliphatic heterocycles. The van der Waals surface area contributed by atoms with Crippen LogP contribution in [0.15, 0.2) is 24.5 Å². The number of methoxy groups -OCH3 is 1. The van der Waals surface area contributed by atoms with Crippen molar-refractivity contribution in [1.29, 1.82) is 0 Å². The molecule has 4 nitrogen and oxygen atoms in total. The highest BCUT2D eigenvalue weighted by atomic mass is 16.5. The number of ether oxygens (including phenoxy) is 1. The van der Waals surface area contributed by atoms with Crippen LogP contribution in [0, 0.1) is 13.8 Å². The van der Waals surface area contributed by atoms with Gasteiger partial charge >= 0.3 is 0 Å². The number of carbonyl (C=O) groups is 1. The van der Waals surface area contributed by atoms with Crippen LogP contribution in [0.3, 0.4) is 0 Å². The van der Waals surface area contributed by atoms with Gasteiger partial charge in [-0.25, -0.2) is 4.98 Å². The van der Waals surface area contributed by atoms with E-state index in [9.17, 15) is 4.79 Å². The van der Waals surface area contributed by atoms with Gasteiger partial charge in [0.1, 0.15) is 5.75 Å². The number of carbonyl (C=O) groups excluding carboxylic acids is 1. The Hall–Kier alpha value is -2.10. The lowest BCUT2D eigenvalue weighted by Crippen LogP contribution is -2.07. The summed E-state index contributed by atoms with van der Waals surface area (Å²) in [4.78, 5) is 18.9. The van der Waals surface area contributed by atoms with E-state index in [1.54, 1.807) is 25.6 Å². The second kappa shape index (κ2) is 4.41. The second-order valence-corrected chi connectivity index (χ2v) is 3.86. The molecule has 0 aliphatic rings. The van der Waals surface area contributed by atoms with Gasteiger partial charge in [-0.05, 0) is 31.0 Å². The molecular weight excluding hydrogens is 216 g/mol. The van der Waals surface area contributed by atoms with Gasteiger partial charge in [0.2, 0.25) is 5.78 Å². The third-order valence-corrected chi connectivity index (χ3v) is 2.84. The molecule has 0 unspecified atom stereocenters. The van der Waals surface area contributed by atoms with Crippen molar-refractivity contribution < 1.29 is 9.53 Å². The number of rotatable bonds is 3. The van der Waals surface area contributed by atoms with Crippen LogP contribution in [0.2, 0.25) is 0 Å². The zero-order chi connectivity index (χ0) is 12.4. The average Bonchev–Trinajstić information content (AvgIpc) is 2.85. The Bertz CT molecular complexity index is 545. The first kappa shape index (κ1) is 11.4. The topological polar surface area (TPSA) is 55.0 Å². The molecule has 0 bridgehead atoms. The largest absolute Gasteiger partial charge is 0.496 e. The van der Waals surface area contributed by atoms with Crippen LogP contribution in [0.25, 0.3) is 0 Å². The number of aromatic amines is 1. The molecule has 2 rings (SSSR count). The molecule has 0 spiro atoms. The summed E-state index contributed by atoms with van der Waals surface area (Å²) in [5.41, 5.74) is 2.60. The SMILES string of the molecule is COc1c(C(=O)c2ncc[nH]2)ccc(C)c1C. The highest BCUT2D eigenvalue weighted by Gasteiger charge is 2.18. The Kier molecular flexibility index (Phi) is 2.95. The minimum Gasteiger partial charge on any atom is -0.496 e. The molecule has 1 aromatic carbocycles. The van der Waals surface area contributed by atoms with E-state index in [4.69, 9.17) is 4.74 Å². The molecule has 2 aromatic rings. The molecule has 0 aliphatic carbocycles. The molecule has 17 heavy (non-hydrogen) atoms. The summed E-state index contributed by atoms with van der Waals surface area (Å²) in [6, 6.07) is 3.68. The maximum atomic E-state index is 12.2. The van der Waals surface area contributed by atoms with E-state index in [0.29, 0.717) is 17.1 Å². The van der Waals surface area contributed by atoms with Gasteiger partial charge in [0.25, 0.3) is 0 Å². The number of hydrogen-bond acceptors (Lipinski definition) is 3. The van der Waals surface area contributed by atoms with E-state index >= 15 is 0 Å². The van der Waals surface area contributed by atoms with Gasteiger partial charge in [-0.2, -0.15) is 0 Å². The molecule has 0 radical (unpaired) electrons. The molecule has 0 saturated carbocycles. The van der Waals surface area contributed by atoms with Crippen molar-refractivity contribution in [3.8, 4) is 5.75 Å². The van der Waals surface area contributed by atoms with Crippen molar-refractivity contribution in [2.24, 2.45) is 0 Å². The summed E-state index contributed by atoms with van der Waals surface area (Å²) >= 11 is 0. The van der Waals surface area contributed by atoms with Gasteiger partial charge in [-0.1, -0.05) is 6.07 Å². The smallest absolute Gasteiger partial charge is 0.231 e. The molecule has 0 saturated heterocycles. The monoisotopic (exact) mass is 230 g/mol. The van der Waals surface area contributed by atoms with E-state index in [2.05, 4.69) is 9.97 Å². The van der Waals surface area contributed by atoms with Crippen LogP contribution in [0.5, 0.6) is 5.75 Å². The van der Waals surface area contributed by atoms with Crippen molar-refractivity contribution in [2.45, 2.75) is 13.8 Å². The van der Waals surface area contributed by atoms with Crippen LogP contribution >= 0.6 is 0 Å². The van der Waals surface area contributed by atoms with Crippen molar-refractivity contribution >= 4 is 5.78 Å². The van der Waals surface area contributed by atoms with Crippen LogP contribution in [0.1, 0.15) is 27.3 Å². The van der Waals surface area contributed by atoms with Gasteiger partial charge in [-0.3, -0.25) is 4.79 Å². The Morgan fingerprint density at radius 3 is 2.71 bits per heavy atom. The molecule has 0 amide bonds. The first-order valence-corrected chi connectivity index (χ1v) is 5.33. The highest BCUT2D eigenvalue weighted by molar-refractivity contribution is 6.08. The van der Waals surface area contributed by atoms with Crippen molar-refractivity contribution in [1.82, 2.24) is 9.97 Å². The summed E-state index contributed by atoms with van der Waals surface area (Å²) in [5, 5.41) is 0. The third-order valence-electron chi connectivity index (χ3n) is 2.84. The van der Waals surface area contributed by atoms with E-state index in [0.717, 1.165) is 11.1 Å². The maximum Gasteiger partial charge on any atom is 0.231 e. The molecule has 1 N–H and O–H groups in total. The average molecular weight is 230 g/mol. The minimum atomic E-state index is -0.157. The second-order valence-electron chi connectivity index (χ2n) is 3.86. The van der Waals surface area contributed by atoms with Gasteiger partial charge < -0.3 is 9.72 Å². The van der Waals surface area contributed by atoms with Gasteiger partial charge in [0, 0.05) is 12.4 Å². The molecule has 4 heteroatoms. The Balaban J connectivity index is 2.53. The maximum absolute atomic E-state index is 12.2. The fourth-order valence-corrected chi connectivity index (χ4v) is 1.75. The number of aromatic nitrogens is 2. The molecular formula is C13H14N2O2. The van der Waals surface area contributed by atoms with E-state index in [-0.39, 0.29) is 5.78 Å². The summed E-state index contributed by atoms with van der Waals surface area (Å²) < 4.78 is 5.31. The minimum absolute atomic E-state index is 0.157. The molecule has 0 fully saturated rings. The number of hydrogen-bond donors (Lipinski definition) is 1. The van der Waals surface area contributed by atoms with Gasteiger partial charge in [0.05, 0.1) is 12.7 Å². The standard InChI is InChI=1S/C13H14N2O2/c1-8-4-5-10(12(17-3)9(8)2)11(16)13-14-6-7-15-13/h4-7H,1-3H3,(H,14,15).